The Kier molecular flexibility index (Phi) is 4.94. The van der Waals surface area contributed by atoms with Crippen LogP contribution in [-0.4, -0.2) is 47.8 Å². The molecule has 2 amide bonds. The number of hydrogen-bond donors (Lipinski definition) is 0. The molecule has 6 nitrogen and oxygen atoms in total. The molecule has 4 rings (SSSR count). The number of furan rings is 2. The maximum atomic E-state index is 12.9. The van der Waals surface area contributed by atoms with E-state index >= 15 is 0 Å². The molecule has 1 fully saturated rings. The third kappa shape index (κ3) is 3.54. The maximum absolute atomic E-state index is 12.9. The molecule has 1 aromatic carbocycles. The van der Waals surface area contributed by atoms with Crippen molar-refractivity contribution in [1.29, 1.82) is 0 Å². The second kappa shape index (κ2) is 7.54. The van der Waals surface area contributed by atoms with Gasteiger partial charge in [0.15, 0.2) is 0 Å². The summed E-state index contributed by atoms with van der Waals surface area (Å²) in [5.41, 5.74) is 4.57. The summed E-state index contributed by atoms with van der Waals surface area (Å²) in [6.45, 7) is 6.44. The lowest BCUT2D eigenvalue weighted by atomic mass is 10.0. The van der Waals surface area contributed by atoms with Crippen LogP contribution in [0.2, 0.25) is 0 Å². The highest BCUT2D eigenvalue weighted by atomic mass is 16.3. The van der Waals surface area contributed by atoms with Gasteiger partial charge in [0.2, 0.25) is 5.91 Å². The van der Waals surface area contributed by atoms with E-state index in [0.717, 1.165) is 34.1 Å². The van der Waals surface area contributed by atoms with Crippen LogP contribution in [0.4, 0.5) is 0 Å². The average molecular weight is 380 g/mol. The number of hydrogen-bond acceptors (Lipinski definition) is 4. The van der Waals surface area contributed by atoms with E-state index in [1.165, 1.54) is 12.5 Å². The minimum Gasteiger partial charge on any atom is -0.472 e. The molecule has 6 heteroatoms. The van der Waals surface area contributed by atoms with E-state index in [1.54, 1.807) is 17.2 Å². The highest BCUT2D eigenvalue weighted by Crippen LogP contribution is 2.27. The summed E-state index contributed by atoms with van der Waals surface area (Å²) < 4.78 is 10.7. The molecule has 0 aliphatic carbocycles. The van der Waals surface area contributed by atoms with Crippen molar-refractivity contribution in [3.63, 3.8) is 0 Å². The number of rotatable bonds is 3. The number of nitrogens with zero attached hydrogens (tertiary/aromatic N) is 2. The van der Waals surface area contributed by atoms with Crippen molar-refractivity contribution in [1.82, 2.24) is 9.80 Å². The average Bonchev–Trinajstić information content (AvgIpc) is 3.26. The molecule has 0 spiro atoms. The van der Waals surface area contributed by atoms with Crippen molar-refractivity contribution in [2.75, 3.05) is 26.2 Å². The zero-order valence-corrected chi connectivity index (χ0v) is 16.2. The van der Waals surface area contributed by atoms with Gasteiger partial charge in [-0.1, -0.05) is 6.07 Å². The summed E-state index contributed by atoms with van der Waals surface area (Å²) >= 11 is 0. The molecular formula is C22H24N2O4. The van der Waals surface area contributed by atoms with Gasteiger partial charge in [-0.3, -0.25) is 9.59 Å². The zero-order valence-electron chi connectivity index (χ0n) is 16.2. The number of carbonyl (C=O) groups excluding carboxylic acids is 2. The standard InChI is InChI=1S/C22H24N2O4/c1-15-10-16(2)21-18(14-28-19(21)11-15)12-20(25)23-5-3-6-24(8-7-23)22(26)17-4-9-27-13-17/h4,9-11,13-14H,3,5-8,12H2,1-2H3. The predicted molar refractivity (Wildman–Crippen MR) is 105 cm³/mol. The lowest BCUT2D eigenvalue weighted by Gasteiger charge is -2.22. The first-order valence-electron chi connectivity index (χ1n) is 9.59. The number of amides is 2. The Morgan fingerprint density at radius 3 is 2.61 bits per heavy atom. The van der Waals surface area contributed by atoms with Crippen LogP contribution in [0.5, 0.6) is 0 Å². The van der Waals surface area contributed by atoms with Gasteiger partial charge in [-0.15, -0.1) is 0 Å². The molecule has 1 aliphatic heterocycles. The third-order valence-electron chi connectivity index (χ3n) is 5.34. The lowest BCUT2D eigenvalue weighted by molar-refractivity contribution is -0.130. The highest BCUT2D eigenvalue weighted by molar-refractivity contribution is 5.94. The van der Waals surface area contributed by atoms with Gasteiger partial charge < -0.3 is 18.6 Å². The Labute approximate surface area is 163 Å². The summed E-state index contributed by atoms with van der Waals surface area (Å²) in [4.78, 5) is 29.1. The highest BCUT2D eigenvalue weighted by Gasteiger charge is 2.24. The van der Waals surface area contributed by atoms with Crippen molar-refractivity contribution in [2.45, 2.75) is 26.7 Å². The SMILES string of the molecule is Cc1cc(C)c2c(CC(=O)N3CCCN(C(=O)c4ccoc4)CC3)coc2c1. The van der Waals surface area contributed by atoms with Crippen LogP contribution in [-0.2, 0) is 11.2 Å². The fraction of sp³-hybridized carbons (Fsp3) is 0.364. The number of fused-ring (bicyclic) bond motifs is 1. The van der Waals surface area contributed by atoms with Gasteiger partial charge in [-0.05, 0) is 43.5 Å². The molecule has 0 radical (unpaired) electrons. The minimum atomic E-state index is -0.0464. The second-order valence-corrected chi connectivity index (χ2v) is 7.43. The van der Waals surface area contributed by atoms with Crippen molar-refractivity contribution in [3.05, 3.63) is 59.2 Å². The maximum Gasteiger partial charge on any atom is 0.257 e. The fourth-order valence-electron chi connectivity index (χ4n) is 3.97. The van der Waals surface area contributed by atoms with Crippen molar-refractivity contribution in [3.8, 4) is 0 Å². The Hall–Kier alpha value is -3.02. The topological polar surface area (TPSA) is 66.9 Å². The lowest BCUT2D eigenvalue weighted by Crippen LogP contribution is -2.37. The van der Waals surface area contributed by atoms with E-state index in [2.05, 4.69) is 6.07 Å². The summed E-state index contributed by atoms with van der Waals surface area (Å²) in [5, 5.41) is 1.03. The van der Waals surface area contributed by atoms with Crippen molar-refractivity contribution >= 4 is 22.8 Å². The molecule has 3 aromatic rings. The van der Waals surface area contributed by atoms with Crippen molar-refractivity contribution < 1.29 is 18.4 Å². The molecule has 146 valence electrons. The molecule has 0 saturated carbocycles. The van der Waals surface area contributed by atoms with Gasteiger partial charge >= 0.3 is 0 Å². The van der Waals surface area contributed by atoms with Crippen LogP contribution in [0, 0.1) is 13.8 Å². The molecule has 0 unspecified atom stereocenters. The predicted octanol–water partition coefficient (Wildman–Crippen LogP) is 3.56. The summed E-state index contributed by atoms with van der Waals surface area (Å²) in [6, 6.07) is 5.78. The van der Waals surface area contributed by atoms with E-state index in [0.29, 0.717) is 38.2 Å². The van der Waals surface area contributed by atoms with Crippen LogP contribution >= 0.6 is 0 Å². The van der Waals surface area contributed by atoms with E-state index in [-0.39, 0.29) is 11.8 Å². The molecule has 3 heterocycles. The van der Waals surface area contributed by atoms with Gasteiger partial charge in [0.25, 0.3) is 5.91 Å². The van der Waals surface area contributed by atoms with Crippen LogP contribution < -0.4 is 0 Å². The van der Waals surface area contributed by atoms with Gasteiger partial charge in [-0.25, -0.2) is 0 Å². The van der Waals surface area contributed by atoms with Gasteiger partial charge in [-0.2, -0.15) is 0 Å². The number of aryl methyl sites for hydroxylation is 2. The Morgan fingerprint density at radius 2 is 1.82 bits per heavy atom. The van der Waals surface area contributed by atoms with E-state index in [4.69, 9.17) is 8.83 Å². The molecule has 0 bridgehead atoms. The van der Waals surface area contributed by atoms with Crippen molar-refractivity contribution in [2.24, 2.45) is 0 Å². The molecule has 28 heavy (non-hydrogen) atoms. The van der Waals surface area contributed by atoms with E-state index < -0.39 is 0 Å². The minimum absolute atomic E-state index is 0.0464. The monoisotopic (exact) mass is 380 g/mol. The molecule has 0 N–H and O–H groups in total. The van der Waals surface area contributed by atoms with E-state index in [9.17, 15) is 9.59 Å². The first kappa shape index (κ1) is 18.3. The molecule has 0 atom stereocenters. The first-order chi connectivity index (χ1) is 13.5. The van der Waals surface area contributed by atoms with E-state index in [1.807, 2.05) is 24.8 Å². The largest absolute Gasteiger partial charge is 0.472 e. The van der Waals surface area contributed by atoms with Gasteiger partial charge in [0.05, 0.1) is 24.5 Å². The second-order valence-electron chi connectivity index (χ2n) is 7.43. The Morgan fingerprint density at radius 1 is 1.04 bits per heavy atom. The van der Waals surface area contributed by atoms with Crippen LogP contribution in [0.1, 0.15) is 33.5 Å². The summed E-state index contributed by atoms with van der Waals surface area (Å²) in [7, 11) is 0. The summed E-state index contributed by atoms with van der Waals surface area (Å²) in [6.07, 6.45) is 5.73. The molecule has 1 saturated heterocycles. The Bertz CT molecular complexity index is 1000. The van der Waals surface area contributed by atoms with Crippen LogP contribution in [0.15, 0.2) is 45.8 Å². The zero-order chi connectivity index (χ0) is 19.7. The quantitative estimate of drug-likeness (QED) is 0.697. The van der Waals surface area contributed by atoms with Gasteiger partial charge in [0, 0.05) is 37.1 Å². The molecule has 2 aromatic heterocycles. The third-order valence-corrected chi connectivity index (χ3v) is 5.34. The number of benzene rings is 1. The Balaban J connectivity index is 1.44. The first-order valence-corrected chi connectivity index (χ1v) is 9.59. The number of carbonyl (C=O) groups is 2. The summed E-state index contributed by atoms with van der Waals surface area (Å²) in [5.74, 6) is 0.0233. The molecular weight excluding hydrogens is 356 g/mol. The van der Waals surface area contributed by atoms with Gasteiger partial charge in [0.1, 0.15) is 11.8 Å². The van der Waals surface area contributed by atoms with Crippen LogP contribution in [0.3, 0.4) is 0 Å². The molecule has 1 aliphatic rings. The fourth-order valence-corrected chi connectivity index (χ4v) is 3.97. The van der Waals surface area contributed by atoms with Crippen LogP contribution in [0.25, 0.3) is 11.0 Å². The normalized spacial score (nSPS) is 15.1. The smallest absolute Gasteiger partial charge is 0.257 e.